The molecule has 0 spiro atoms. The first kappa shape index (κ1) is 19.5. The second kappa shape index (κ2) is 7.64. The number of carbonyl (C=O) groups excluding carboxylic acids is 2. The van der Waals surface area contributed by atoms with E-state index >= 15 is 0 Å². The molecule has 4 heterocycles. The molecule has 4 aliphatic rings. The molecule has 0 saturated carbocycles. The number of likely N-dealkylation sites (N-methyl/N-ethyl adjacent to an activating group) is 2. The van der Waals surface area contributed by atoms with Gasteiger partial charge in [0.05, 0.1) is 12.3 Å². The van der Waals surface area contributed by atoms with E-state index in [1.165, 1.54) is 17.7 Å². The van der Waals surface area contributed by atoms with Crippen molar-refractivity contribution in [2.75, 3.05) is 46.8 Å². The third kappa shape index (κ3) is 3.17. The summed E-state index contributed by atoms with van der Waals surface area (Å²) < 4.78 is 0. The third-order valence-electron chi connectivity index (χ3n) is 6.69. The lowest BCUT2D eigenvalue weighted by Gasteiger charge is -2.41. The van der Waals surface area contributed by atoms with E-state index in [9.17, 15) is 9.59 Å². The van der Waals surface area contributed by atoms with E-state index in [0.717, 1.165) is 37.5 Å². The van der Waals surface area contributed by atoms with Gasteiger partial charge in [0.2, 0.25) is 0 Å². The van der Waals surface area contributed by atoms with Gasteiger partial charge in [0.1, 0.15) is 12.2 Å². The number of imide groups is 1. The molecule has 3 unspecified atom stereocenters. The van der Waals surface area contributed by atoms with Crippen LogP contribution in [0.4, 0.5) is 4.79 Å². The summed E-state index contributed by atoms with van der Waals surface area (Å²) in [5.41, 5.74) is 2.01. The largest absolute Gasteiger partial charge is 0.327 e. The summed E-state index contributed by atoms with van der Waals surface area (Å²) in [6.07, 6.45) is 1.95. The maximum absolute atomic E-state index is 13.1. The quantitative estimate of drug-likeness (QED) is 0.764. The lowest BCUT2D eigenvalue weighted by atomic mass is 10.1. The third-order valence-corrected chi connectivity index (χ3v) is 6.69. The molecular formula is C21H29N7O2. The van der Waals surface area contributed by atoms with Crippen LogP contribution in [0, 0.1) is 0 Å². The number of carbonyl (C=O) groups is 2. The van der Waals surface area contributed by atoms with Gasteiger partial charge in [0.15, 0.2) is 6.29 Å². The van der Waals surface area contributed by atoms with Gasteiger partial charge >= 0.3 is 6.03 Å². The van der Waals surface area contributed by atoms with E-state index in [-0.39, 0.29) is 24.4 Å². The number of nitrogens with zero attached hydrogens (tertiary/aromatic N) is 6. The highest BCUT2D eigenvalue weighted by Gasteiger charge is 2.55. The van der Waals surface area contributed by atoms with E-state index in [4.69, 9.17) is 5.10 Å². The van der Waals surface area contributed by atoms with Gasteiger partial charge in [-0.3, -0.25) is 20.0 Å². The van der Waals surface area contributed by atoms with Gasteiger partial charge in [-0.15, -0.1) is 0 Å². The monoisotopic (exact) mass is 411 g/mol. The molecule has 4 aliphatic heterocycles. The Morgan fingerprint density at radius 3 is 2.53 bits per heavy atom. The van der Waals surface area contributed by atoms with Crippen LogP contribution in [0.1, 0.15) is 18.4 Å². The van der Waals surface area contributed by atoms with Crippen molar-refractivity contribution in [3.8, 4) is 0 Å². The maximum atomic E-state index is 13.1. The number of hydrazone groups is 1. The molecule has 1 aromatic carbocycles. The first-order chi connectivity index (χ1) is 14.5. The standard InChI is InChI=1S/C21H29N7O2/c1-24-18-17(19(29)25(2)21(24)30)27-14-16(15-8-4-3-5-9-15)23-28(20(27)22-18)13-12-26-10-6-7-11-26/h3-5,8-9,17-18,20,22H,6-7,10-14H2,1-2H3. The molecular weight excluding hydrogens is 382 g/mol. The van der Waals surface area contributed by atoms with Crippen LogP contribution in [0.25, 0.3) is 0 Å². The SMILES string of the molecule is CN1C(=O)C2C(NC3N(CCN4CCCC4)N=C(c4ccccc4)CN23)N(C)C1=O. The molecule has 5 rings (SSSR count). The summed E-state index contributed by atoms with van der Waals surface area (Å²) >= 11 is 0. The lowest BCUT2D eigenvalue weighted by molar-refractivity contribution is -0.137. The van der Waals surface area contributed by atoms with Crippen molar-refractivity contribution in [2.45, 2.75) is 31.3 Å². The smallest absolute Gasteiger partial charge is 0.310 e. The van der Waals surface area contributed by atoms with Gasteiger partial charge in [-0.25, -0.2) is 9.69 Å². The highest BCUT2D eigenvalue weighted by atomic mass is 16.2. The molecule has 1 N–H and O–H groups in total. The second-order valence-corrected chi connectivity index (χ2v) is 8.52. The van der Waals surface area contributed by atoms with Crippen molar-refractivity contribution in [2.24, 2.45) is 5.10 Å². The van der Waals surface area contributed by atoms with Gasteiger partial charge in [0.25, 0.3) is 5.91 Å². The molecule has 0 aromatic heterocycles. The molecule has 160 valence electrons. The molecule has 3 atom stereocenters. The summed E-state index contributed by atoms with van der Waals surface area (Å²) in [6, 6.07) is 9.43. The number of rotatable bonds is 4. The van der Waals surface area contributed by atoms with E-state index < -0.39 is 6.04 Å². The fraction of sp³-hybridized carbons (Fsp3) is 0.571. The van der Waals surface area contributed by atoms with E-state index in [0.29, 0.717) is 6.54 Å². The Morgan fingerprint density at radius 2 is 1.80 bits per heavy atom. The van der Waals surface area contributed by atoms with Crippen molar-refractivity contribution >= 4 is 17.6 Å². The molecule has 0 bridgehead atoms. The van der Waals surface area contributed by atoms with Gasteiger partial charge in [-0.2, -0.15) is 5.10 Å². The summed E-state index contributed by atoms with van der Waals surface area (Å²) in [7, 11) is 3.31. The van der Waals surface area contributed by atoms with Crippen LogP contribution in [0.15, 0.2) is 35.4 Å². The first-order valence-electron chi connectivity index (χ1n) is 10.7. The first-order valence-corrected chi connectivity index (χ1v) is 10.7. The number of urea groups is 1. The van der Waals surface area contributed by atoms with Crippen LogP contribution in [0.3, 0.4) is 0 Å². The van der Waals surface area contributed by atoms with E-state index in [2.05, 4.69) is 32.3 Å². The number of hydrogen-bond acceptors (Lipinski definition) is 7. The van der Waals surface area contributed by atoms with Crippen molar-refractivity contribution < 1.29 is 9.59 Å². The normalized spacial score (nSPS) is 30.0. The van der Waals surface area contributed by atoms with Crippen molar-refractivity contribution in [1.29, 1.82) is 0 Å². The zero-order chi connectivity index (χ0) is 20.8. The Labute approximate surface area is 176 Å². The number of hydrogen-bond donors (Lipinski definition) is 1. The van der Waals surface area contributed by atoms with E-state index in [1.807, 2.05) is 18.2 Å². The number of likely N-dealkylation sites (tertiary alicyclic amines) is 1. The molecule has 3 fully saturated rings. The fourth-order valence-corrected chi connectivity index (χ4v) is 4.98. The molecule has 3 amide bonds. The van der Waals surface area contributed by atoms with Crippen molar-refractivity contribution in [1.82, 2.24) is 29.9 Å². The molecule has 1 aromatic rings. The van der Waals surface area contributed by atoms with Gasteiger partial charge in [-0.05, 0) is 31.5 Å². The van der Waals surface area contributed by atoms with Crippen LogP contribution < -0.4 is 5.32 Å². The van der Waals surface area contributed by atoms with Crippen LogP contribution in [-0.4, -0.2) is 108 Å². The van der Waals surface area contributed by atoms with Crippen molar-refractivity contribution in [3.63, 3.8) is 0 Å². The maximum Gasteiger partial charge on any atom is 0.327 e. The Morgan fingerprint density at radius 1 is 1.07 bits per heavy atom. The van der Waals surface area contributed by atoms with Gasteiger partial charge in [0, 0.05) is 27.2 Å². The molecule has 0 aliphatic carbocycles. The van der Waals surface area contributed by atoms with Crippen molar-refractivity contribution in [3.05, 3.63) is 35.9 Å². The summed E-state index contributed by atoms with van der Waals surface area (Å²) in [5, 5.41) is 10.6. The predicted molar refractivity (Wildman–Crippen MR) is 112 cm³/mol. The highest BCUT2D eigenvalue weighted by molar-refractivity contribution is 6.04. The minimum Gasteiger partial charge on any atom is -0.310 e. The second-order valence-electron chi connectivity index (χ2n) is 8.52. The van der Waals surface area contributed by atoms with Crippen LogP contribution >= 0.6 is 0 Å². The molecule has 3 saturated heterocycles. The lowest BCUT2D eigenvalue weighted by Crippen LogP contribution is -2.65. The molecule has 9 nitrogen and oxygen atoms in total. The topological polar surface area (TPSA) is 74.7 Å². The fourth-order valence-electron chi connectivity index (χ4n) is 4.98. The Bertz CT molecular complexity index is 854. The average Bonchev–Trinajstić information content (AvgIpc) is 3.43. The Hall–Kier alpha value is -2.49. The zero-order valence-electron chi connectivity index (χ0n) is 17.6. The number of amides is 3. The summed E-state index contributed by atoms with van der Waals surface area (Å²) in [4.78, 5) is 33.0. The average molecular weight is 412 g/mol. The number of fused-ring (bicyclic) bond motifs is 3. The zero-order valence-corrected chi connectivity index (χ0v) is 17.6. The van der Waals surface area contributed by atoms with Crippen LogP contribution in [0.5, 0.6) is 0 Å². The molecule has 0 radical (unpaired) electrons. The number of benzene rings is 1. The molecule has 9 heteroatoms. The van der Waals surface area contributed by atoms with Gasteiger partial charge < -0.3 is 9.80 Å². The van der Waals surface area contributed by atoms with E-state index in [1.54, 1.807) is 19.0 Å². The minimum atomic E-state index is -0.425. The highest BCUT2D eigenvalue weighted by Crippen LogP contribution is 2.30. The van der Waals surface area contributed by atoms with Gasteiger partial charge in [-0.1, -0.05) is 30.3 Å². The minimum absolute atomic E-state index is 0.160. The summed E-state index contributed by atoms with van der Waals surface area (Å²) in [6.45, 7) is 4.54. The molecule has 30 heavy (non-hydrogen) atoms. The number of nitrogens with one attached hydrogen (secondary N) is 1. The van der Waals surface area contributed by atoms with Crippen LogP contribution in [-0.2, 0) is 4.79 Å². The Kier molecular flexibility index (Phi) is 4.96. The Balaban J connectivity index is 1.45. The van der Waals surface area contributed by atoms with Crippen LogP contribution in [0.2, 0.25) is 0 Å². The predicted octanol–water partition coefficient (Wildman–Crippen LogP) is 0.209. The summed E-state index contributed by atoms with van der Waals surface area (Å²) in [5.74, 6) is -0.160.